The SMILES string of the molecule is CC/C=C\C/C=C\C/C=C\C/C=C\CCCCCCCCC(=O)OCC(COC1OC(C(=O)O)C(O)C(O)C1OC(=O)CCCC/C=C\C/C=C\C/C=C\C/C=C\CC)OC(=O)CCCCCCCCCCCCCCCCCCCCC. The van der Waals surface area contributed by atoms with Crippen LogP contribution in [-0.2, 0) is 42.9 Å². The van der Waals surface area contributed by atoms with Crippen LogP contribution in [-0.4, -0.2) is 89.2 Å². The largest absolute Gasteiger partial charge is 0.479 e. The molecule has 1 aliphatic rings. The fraction of sp³-hybridized carbons (Fsp3) is 0.718. The van der Waals surface area contributed by atoms with Crippen LogP contribution in [0.3, 0.4) is 0 Å². The minimum absolute atomic E-state index is 0.00423. The standard InChI is InChI=1S/C71H118O12/c1-4-7-10-13-16-19-22-25-28-30-32-34-37-39-42-45-48-51-54-57-63(72)79-60-62(81-64(73)58-55-52-49-46-43-41-38-35-33-31-29-26-23-20-17-14-11-8-5-2)61-80-71-69(67(76)66(75)68(83-71)70(77)78)82-65(74)59-56-53-50-47-44-40-36-27-24-21-18-15-12-9-6-3/h7,9-10,12,16,18-19,21,25,27-28,32,34,36,44,47,62,66-69,71,75-76H,4-6,8,11,13-15,17,20,22-24,26,29-31,33,35,37-43,45-46,48-61H2,1-3H3,(H,77,78)/b10-7-,12-9-,19-16-,21-18-,28-25-,34-32-,36-27-,47-44-. The minimum Gasteiger partial charge on any atom is -0.479 e. The number of aliphatic hydroxyl groups is 2. The number of rotatable bonds is 56. The third-order valence-electron chi connectivity index (χ3n) is 14.7. The Morgan fingerprint density at radius 1 is 0.410 bits per heavy atom. The van der Waals surface area contributed by atoms with E-state index in [1.807, 2.05) is 0 Å². The molecule has 0 bridgehead atoms. The molecular weight excluding hydrogens is 1040 g/mol. The Bertz CT molecular complexity index is 1810. The van der Waals surface area contributed by atoms with Gasteiger partial charge in [-0.05, 0) is 96.3 Å². The van der Waals surface area contributed by atoms with E-state index in [1.165, 1.54) is 96.3 Å². The first-order chi connectivity index (χ1) is 40.6. The summed E-state index contributed by atoms with van der Waals surface area (Å²) in [6.07, 6.45) is 65.1. The second-order valence-electron chi connectivity index (χ2n) is 22.3. The number of carbonyl (C=O) groups excluding carboxylic acids is 3. The number of hydrogen-bond acceptors (Lipinski definition) is 11. The second kappa shape index (κ2) is 58.0. The van der Waals surface area contributed by atoms with E-state index in [1.54, 1.807) is 0 Å². The van der Waals surface area contributed by atoms with Gasteiger partial charge in [-0.15, -0.1) is 0 Å². The molecule has 0 aromatic carbocycles. The Morgan fingerprint density at radius 2 is 0.759 bits per heavy atom. The predicted octanol–water partition coefficient (Wildman–Crippen LogP) is 18.0. The van der Waals surface area contributed by atoms with Gasteiger partial charge in [-0.2, -0.15) is 0 Å². The van der Waals surface area contributed by atoms with E-state index in [0.717, 1.165) is 116 Å². The van der Waals surface area contributed by atoms with Crippen molar-refractivity contribution in [2.24, 2.45) is 0 Å². The summed E-state index contributed by atoms with van der Waals surface area (Å²) >= 11 is 0. The molecule has 83 heavy (non-hydrogen) atoms. The number of carbonyl (C=O) groups is 4. The molecule has 6 atom stereocenters. The van der Waals surface area contributed by atoms with Crippen LogP contribution < -0.4 is 0 Å². The number of aliphatic carboxylic acids is 1. The summed E-state index contributed by atoms with van der Waals surface area (Å²) in [5.74, 6) is -3.18. The average molecular weight is 1160 g/mol. The maximum absolute atomic E-state index is 13.2. The number of carboxylic acids is 1. The van der Waals surface area contributed by atoms with Crippen LogP contribution in [0, 0.1) is 0 Å². The molecular formula is C71H118O12. The lowest BCUT2D eigenvalue weighted by molar-refractivity contribution is -0.301. The first kappa shape index (κ1) is 76.7. The molecule has 1 saturated heterocycles. The zero-order chi connectivity index (χ0) is 60.3. The van der Waals surface area contributed by atoms with Gasteiger partial charge in [0.05, 0.1) is 6.61 Å². The number of carboxylic acid groups (broad SMARTS) is 1. The number of hydrogen-bond donors (Lipinski definition) is 3. The first-order valence-electron chi connectivity index (χ1n) is 33.2. The lowest BCUT2D eigenvalue weighted by atomic mass is 9.98. The van der Waals surface area contributed by atoms with Crippen LogP contribution >= 0.6 is 0 Å². The van der Waals surface area contributed by atoms with E-state index in [0.29, 0.717) is 25.7 Å². The quantitative estimate of drug-likeness (QED) is 0.0228. The highest BCUT2D eigenvalue weighted by Gasteiger charge is 2.50. The van der Waals surface area contributed by atoms with Crippen molar-refractivity contribution < 1.29 is 58.2 Å². The van der Waals surface area contributed by atoms with Gasteiger partial charge in [0.15, 0.2) is 24.6 Å². The van der Waals surface area contributed by atoms with Gasteiger partial charge >= 0.3 is 23.9 Å². The van der Waals surface area contributed by atoms with Gasteiger partial charge in [0, 0.05) is 19.3 Å². The van der Waals surface area contributed by atoms with E-state index in [2.05, 4.69) is 118 Å². The van der Waals surface area contributed by atoms with Crippen LogP contribution in [0.25, 0.3) is 0 Å². The molecule has 1 heterocycles. The van der Waals surface area contributed by atoms with Crippen molar-refractivity contribution in [2.75, 3.05) is 13.2 Å². The fourth-order valence-electron chi connectivity index (χ4n) is 9.65. The molecule has 1 aliphatic heterocycles. The van der Waals surface area contributed by atoms with Gasteiger partial charge in [0.1, 0.15) is 18.8 Å². The third-order valence-corrected chi connectivity index (χ3v) is 14.7. The van der Waals surface area contributed by atoms with Crippen molar-refractivity contribution >= 4 is 23.9 Å². The number of allylic oxidation sites excluding steroid dienone is 16. The van der Waals surface area contributed by atoms with Crippen LogP contribution in [0.2, 0.25) is 0 Å². The maximum Gasteiger partial charge on any atom is 0.335 e. The Balaban J connectivity index is 2.68. The monoisotopic (exact) mass is 1160 g/mol. The van der Waals surface area contributed by atoms with Crippen molar-refractivity contribution in [3.05, 3.63) is 97.2 Å². The molecule has 474 valence electrons. The highest BCUT2D eigenvalue weighted by atomic mass is 16.7. The summed E-state index contributed by atoms with van der Waals surface area (Å²) in [5, 5.41) is 31.6. The van der Waals surface area contributed by atoms with Gasteiger partial charge < -0.3 is 39.0 Å². The maximum atomic E-state index is 13.2. The van der Waals surface area contributed by atoms with E-state index in [-0.39, 0.29) is 25.9 Å². The molecule has 3 N–H and O–H groups in total. The van der Waals surface area contributed by atoms with Crippen LogP contribution in [0.1, 0.15) is 278 Å². The van der Waals surface area contributed by atoms with E-state index >= 15 is 0 Å². The Labute approximate surface area is 504 Å². The number of aliphatic hydroxyl groups excluding tert-OH is 2. The number of esters is 3. The van der Waals surface area contributed by atoms with Gasteiger partial charge in [-0.3, -0.25) is 14.4 Å². The molecule has 0 saturated carbocycles. The summed E-state index contributed by atoms with van der Waals surface area (Å²) in [6, 6.07) is 0. The van der Waals surface area contributed by atoms with E-state index in [9.17, 15) is 34.5 Å². The molecule has 12 heteroatoms. The zero-order valence-electron chi connectivity index (χ0n) is 52.4. The third kappa shape index (κ3) is 47.6. The van der Waals surface area contributed by atoms with E-state index < -0.39 is 67.3 Å². The number of unbranched alkanes of at least 4 members (excludes halogenated alkanes) is 26. The molecule has 0 spiro atoms. The smallest absolute Gasteiger partial charge is 0.335 e. The average Bonchev–Trinajstić information content (AvgIpc) is 3.58. The Hall–Kier alpha value is -4.36. The number of ether oxygens (including phenoxy) is 5. The molecule has 0 amide bonds. The van der Waals surface area contributed by atoms with Crippen molar-refractivity contribution in [2.45, 2.75) is 314 Å². The summed E-state index contributed by atoms with van der Waals surface area (Å²) < 4.78 is 28.5. The second-order valence-corrected chi connectivity index (χ2v) is 22.3. The van der Waals surface area contributed by atoms with Crippen LogP contribution in [0.5, 0.6) is 0 Å². The molecule has 0 aromatic heterocycles. The molecule has 0 aliphatic carbocycles. The van der Waals surface area contributed by atoms with Gasteiger partial charge in [-0.25, -0.2) is 4.79 Å². The Morgan fingerprint density at radius 3 is 1.18 bits per heavy atom. The topological polar surface area (TPSA) is 175 Å². The van der Waals surface area contributed by atoms with Crippen molar-refractivity contribution in [1.29, 1.82) is 0 Å². The normalized spacial score (nSPS) is 18.2. The molecule has 1 fully saturated rings. The van der Waals surface area contributed by atoms with Gasteiger partial charge in [0.25, 0.3) is 0 Å². The molecule has 12 nitrogen and oxygen atoms in total. The fourth-order valence-corrected chi connectivity index (χ4v) is 9.65. The van der Waals surface area contributed by atoms with Crippen LogP contribution in [0.15, 0.2) is 97.2 Å². The van der Waals surface area contributed by atoms with Crippen LogP contribution in [0.4, 0.5) is 0 Å². The van der Waals surface area contributed by atoms with Crippen molar-refractivity contribution in [3.63, 3.8) is 0 Å². The summed E-state index contributed by atoms with van der Waals surface area (Å²) in [6.45, 7) is 5.77. The predicted molar refractivity (Wildman–Crippen MR) is 340 cm³/mol. The summed E-state index contributed by atoms with van der Waals surface area (Å²) in [7, 11) is 0. The summed E-state index contributed by atoms with van der Waals surface area (Å²) in [4.78, 5) is 51.4. The lowest BCUT2D eigenvalue weighted by Crippen LogP contribution is -2.61. The molecule has 1 rings (SSSR count). The Kier molecular flexibility index (Phi) is 53.6. The highest BCUT2D eigenvalue weighted by Crippen LogP contribution is 2.26. The molecule has 0 aromatic rings. The molecule has 0 radical (unpaired) electrons. The molecule has 6 unspecified atom stereocenters. The van der Waals surface area contributed by atoms with Crippen molar-refractivity contribution in [1.82, 2.24) is 0 Å². The minimum atomic E-state index is -1.92. The summed E-state index contributed by atoms with van der Waals surface area (Å²) in [5.41, 5.74) is 0. The lowest BCUT2D eigenvalue weighted by Gasteiger charge is -2.40. The van der Waals surface area contributed by atoms with E-state index in [4.69, 9.17) is 23.7 Å². The van der Waals surface area contributed by atoms with Gasteiger partial charge in [0.2, 0.25) is 0 Å². The highest BCUT2D eigenvalue weighted by molar-refractivity contribution is 5.74. The zero-order valence-corrected chi connectivity index (χ0v) is 52.4. The van der Waals surface area contributed by atoms with Crippen molar-refractivity contribution in [3.8, 4) is 0 Å². The first-order valence-corrected chi connectivity index (χ1v) is 33.2. The van der Waals surface area contributed by atoms with Gasteiger partial charge in [-0.1, -0.05) is 259 Å².